The van der Waals surface area contributed by atoms with Crippen LogP contribution in [0.3, 0.4) is 0 Å². The van der Waals surface area contributed by atoms with E-state index in [2.05, 4.69) is 6.07 Å². The number of hydrogen-bond acceptors (Lipinski definition) is 4. The van der Waals surface area contributed by atoms with Crippen LogP contribution in [0, 0.1) is 0 Å². The summed E-state index contributed by atoms with van der Waals surface area (Å²) in [5, 5.41) is 0. The van der Waals surface area contributed by atoms with E-state index in [1.54, 1.807) is 17.0 Å². The van der Waals surface area contributed by atoms with Gasteiger partial charge in [-0.25, -0.2) is 8.42 Å². The largest absolute Gasteiger partial charge is 0.378 e. The molecular weight excluding hydrogens is 362 g/mol. The highest BCUT2D eigenvalue weighted by atomic mass is 32.2. The van der Waals surface area contributed by atoms with Gasteiger partial charge in [-0.05, 0) is 41.8 Å². The molecular formula is C20H25N3O3S. The molecule has 0 unspecified atom stereocenters. The SMILES string of the molecule is CN(C)c1ccc(N(CC(=O)N2CCc3ccccc3C2)S(C)(=O)=O)cc1. The van der Waals surface area contributed by atoms with Crippen LogP contribution in [0.1, 0.15) is 11.1 Å². The normalized spacial score (nSPS) is 13.8. The first-order valence-electron chi connectivity index (χ1n) is 8.85. The Morgan fingerprint density at radius 2 is 1.59 bits per heavy atom. The van der Waals surface area contributed by atoms with Crippen molar-refractivity contribution in [2.24, 2.45) is 0 Å². The third-order valence-electron chi connectivity index (χ3n) is 4.82. The van der Waals surface area contributed by atoms with Crippen molar-refractivity contribution in [1.82, 2.24) is 4.90 Å². The van der Waals surface area contributed by atoms with Crippen LogP contribution in [0.15, 0.2) is 48.5 Å². The maximum Gasteiger partial charge on any atom is 0.243 e. The quantitative estimate of drug-likeness (QED) is 0.788. The average Bonchev–Trinajstić information content (AvgIpc) is 2.64. The number of rotatable bonds is 5. The summed E-state index contributed by atoms with van der Waals surface area (Å²) in [6.07, 6.45) is 1.92. The molecule has 1 aliphatic rings. The van der Waals surface area contributed by atoms with Crippen molar-refractivity contribution in [1.29, 1.82) is 0 Å². The summed E-state index contributed by atoms with van der Waals surface area (Å²) < 4.78 is 25.8. The summed E-state index contributed by atoms with van der Waals surface area (Å²) in [4.78, 5) is 16.5. The van der Waals surface area contributed by atoms with Gasteiger partial charge in [-0.1, -0.05) is 24.3 Å². The average molecular weight is 388 g/mol. The van der Waals surface area contributed by atoms with Gasteiger partial charge in [0.2, 0.25) is 15.9 Å². The van der Waals surface area contributed by atoms with Gasteiger partial charge in [0.25, 0.3) is 0 Å². The third kappa shape index (κ3) is 4.42. The molecule has 1 amide bonds. The van der Waals surface area contributed by atoms with Gasteiger partial charge in [0, 0.05) is 32.9 Å². The fraction of sp³-hybridized carbons (Fsp3) is 0.350. The van der Waals surface area contributed by atoms with Crippen LogP contribution in [-0.4, -0.2) is 52.7 Å². The molecule has 1 aliphatic heterocycles. The fourth-order valence-corrected chi connectivity index (χ4v) is 4.10. The number of benzene rings is 2. The molecule has 0 saturated carbocycles. The van der Waals surface area contributed by atoms with Gasteiger partial charge in [0.1, 0.15) is 6.54 Å². The molecule has 3 rings (SSSR count). The Labute approximate surface area is 161 Å². The minimum atomic E-state index is -3.57. The van der Waals surface area contributed by atoms with Crippen LogP contribution in [0.2, 0.25) is 0 Å². The number of carbonyl (C=O) groups is 1. The molecule has 6 nitrogen and oxygen atoms in total. The molecule has 0 fully saturated rings. The maximum atomic E-state index is 12.8. The van der Waals surface area contributed by atoms with Gasteiger partial charge in [0.15, 0.2) is 0 Å². The van der Waals surface area contributed by atoms with Crippen LogP contribution < -0.4 is 9.21 Å². The van der Waals surface area contributed by atoms with Crippen molar-refractivity contribution in [2.75, 3.05) is 42.6 Å². The Kier molecular flexibility index (Phi) is 5.41. The number of carbonyl (C=O) groups excluding carboxylic acids is 1. The number of hydrogen-bond donors (Lipinski definition) is 0. The molecule has 0 radical (unpaired) electrons. The fourth-order valence-electron chi connectivity index (χ4n) is 3.25. The molecule has 0 spiro atoms. The zero-order chi connectivity index (χ0) is 19.6. The zero-order valence-electron chi connectivity index (χ0n) is 15.9. The van der Waals surface area contributed by atoms with Crippen molar-refractivity contribution < 1.29 is 13.2 Å². The highest BCUT2D eigenvalue weighted by Gasteiger charge is 2.26. The molecule has 144 valence electrons. The van der Waals surface area contributed by atoms with E-state index in [0.29, 0.717) is 18.8 Å². The van der Waals surface area contributed by atoms with Gasteiger partial charge >= 0.3 is 0 Å². The lowest BCUT2D eigenvalue weighted by molar-refractivity contribution is -0.130. The first-order valence-corrected chi connectivity index (χ1v) is 10.7. The molecule has 2 aromatic rings. The molecule has 7 heteroatoms. The van der Waals surface area contributed by atoms with E-state index in [-0.39, 0.29) is 12.5 Å². The molecule has 0 aromatic heterocycles. The predicted molar refractivity (Wildman–Crippen MR) is 109 cm³/mol. The molecule has 0 saturated heterocycles. The second kappa shape index (κ2) is 7.60. The maximum absolute atomic E-state index is 12.8. The third-order valence-corrected chi connectivity index (χ3v) is 5.96. The standard InChI is InChI=1S/C20H25N3O3S/c1-21(2)18-8-10-19(11-9-18)23(27(3,25)26)15-20(24)22-13-12-16-6-4-5-7-17(16)14-22/h4-11H,12-15H2,1-3H3. The van der Waals surface area contributed by atoms with E-state index in [1.165, 1.54) is 9.87 Å². The second-order valence-corrected chi connectivity index (χ2v) is 8.92. The van der Waals surface area contributed by atoms with Crippen LogP contribution in [0.4, 0.5) is 11.4 Å². The molecule has 0 aliphatic carbocycles. The summed E-state index contributed by atoms with van der Waals surface area (Å²) in [6.45, 7) is 0.932. The minimum Gasteiger partial charge on any atom is -0.378 e. The van der Waals surface area contributed by atoms with Gasteiger partial charge in [-0.3, -0.25) is 9.10 Å². The lowest BCUT2D eigenvalue weighted by Crippen LogP contribution is -2.44. The van der Waals surface area contributed by atoms with Crippen LogP contribution in [0.5, 0.6) is 0 Å². The molecule has 2 aromatic carbocycles. The number of sulfonamides is 1. The lowest BCUT2D eigenvalue weighted by Gasteiger charge is -2.31. The van der Waals surface area contributed by atoms with E-state index < -0.39 is 10.0 Å². The van der Waals surface area contributed by atoms with E-state index in [0.717, 1.165) is 23.9 Å². The first kappa shape index (κ1) is 19.2. The second-order valence-electron chi connectivity index (χ2n) is 7.01. The smallest absolute Gasteiger partial charge is 0.243 e. The summed E-state index contributed by atoms with van der Waals surface area (Å²) in [7, 11) is 0.262. The Morgan fingerprint density at radius 3 is 2.19 bits per heavy atom. The van der Waals surface area contributed by atoms with Crippen LogP contribution in [0.25, 0.3) is 0 Å². The number of nitrogens with zero attached hydrogens (tertiary/aromatic N) is 3. The molecule has 0 N–H and O–H groups in total. The summed E-state index contributed by atoms with van der Waals surface area (Å²) in [5.74, 6) is -0.188. The zero-order valence-corrected chi connectivity index (χ0v) is 16.7. The van der Waals surface area contributed by atoms with E-state index in [9.17, 15) is 13.2 Å². The molecule has 27 heavy (non-hydrogen) atoms. The minimum absolute atomic E-state index is 0.188. The summed E-state index contributed by atoms with van der Waals surface area (Å²) in [5.41, 5.74) is 3.83. The monoisotopic (exact) mass is 387 g/mol. The van der Waals surface area contributed by atoms with Crippen molar-refractivity contribution in [3.8, 4) is 0 Å². The van der Waals surface area contributed by atoms with E-state index in [1.807, 2.05) is 49.3 Å². The topological polar surface area (TPSA) is 60.9 Å². The summed E-state index contributed by atoms with van der Waals surface area (Å²) in [6, 6.07) is 15.2. The van der Waals surface area contributed by atoms with Gasteiger partial charge in [-0.2, -0.15) is 0 Å². The van der Waals surface area contributed by atoms with Gasteiger partial charge in [-0.15, -0.1) is 0 Å². The van der Waals surface area contributed by atoms with Crippen molar-refractivity contribution in [3.63, 3.8) is 0 Å². The Bertz CT molecular complexity index is 924. The van der Waals surface area contributed by atoms with Crippen LogP contribution in [-0.2, 0) is 27.8 Å². The number of anilines is 2. The van der Waals surface area contributed by atoms with Gasteiger partial charge < -0.3 is 9.80 Å². The highest BCUT2D eigenvalue weighted by molar-refractivity contribution is 7.92. The van der Waals surface area contributed by atoms with Gasteiger partial charge in [0.05, 0.1) is 11.9 Å². The first-order chi connectivity index (χ1) is 12.8. The molecule has 0 bridgehead atoms. The van der Waals surface area contributed by atoms with Crippen LogP contribution >= 0.6 is 0 Å². The van der Waals surface area contributed by atoms with E-state index >= 15 is 0 Å². The van der Waals surface area contributed by atoms with Crippen molar-refractivity contribution >= 4 is 27.3 Å². The Morgan fingerprint density at radius 1 is 1.00 bits per heavy atom. The van der Waals surface area contributed by atoms with Crippen molar-refractivity contribution in [2.45, 2.75) is 13.0 Å². The molecule has 1 heterocycles. The number of amides is 1. The highest BCUT2D eigenvalue weighted by Crippen LogP contribution is 2.23. The lowest BCUT2D eigenvalue weighted by atomic mass is 10.00. The van der Waals surface area contributed by atoms with E-state index in [4.69, 9.17) is 0 Å². The van der Waals surface area contributed by atoms with Crippen molar-refractivity contribution in [3.05, 3.63) is 59.7 Å². The Balaban J connectivity index is 1.78. The Hall–Kier alpha value is -2.54. The number of fused-ring (bicyclic) bond motifs is 1. The molecule has 0 atom stereocenters. The summed E-state index contributed by atoms with van der Waals surface area (Å²) >= 11 is 0. The predicted octanol–water partition coefficient (Wildman–Crippen LogP) is 2.10.